The van der Waals surface area contributed by atoms with Crippen molar-refractivity contribution in [1.29, 1.82) is 0 Å². The van der Waals surface area contributed by atoms with E-state index < -0.39 is 5.97 Å². The molecule has 0 spiro atoms. The molecule has 1 aromatic carbocycles. The highest BCUT2D eigenvalue weighted by Crippen LogP contribution is 2.56. The minimum absolute atomic E-state index is 0.0978. The average molecular weight is 258 g/mol. The molecule has 3 saturated carbocycles. The van der Waals surface area contributed by atoms with E-state index >= 15 is 0 Å². The van der Waals surface area contributed by atoms with Crippen molar-refractivity contribution in [2.45, 2.75) is 56.8 Å². The molecule has 2 heteroatoms. The van der Waals surface area contributed by atoms with Gasteiger partial charge in [-0.05, 0) is 54.9 Å². The zero-order valence-corrected chi connectivity index (χ0v) is 11.4. The van der Waals surface area contributed by atoms with Gasteiger partial charge in [-0.3, -0.25) is 4.79 Å². The van der Waals surface area contributed by atoms with Crippen LogP contribution in [-0.2, 0) is 10.2 Å². The fraction of sp³-hybridized carbons (Fsp3) is 0.588. The normalized spacial score (nSPS) is 33.9. The lowest BCUT2D eigenvalue weighted by Gasteiger charge is -2.42. The minimum atomic E-state index is -0.617. The smallest absolute Gasteiger partial charge is 0.303 e. The van der Waals surface area contributed by atoms with Crippen LogP contribution in [0.2, 0.25) is 0 Å². The van der Waals surface area contributed by atoms with E-state index in [9.17, 15) is 4.79 Å². The Balaban J connectivity index is 1.85. The topological polar surface area (TPSA) is 37.3 Å². The zero-order chi connectivity index (χ0) is 13.3. The molecule has 3 fully saturated rings. The second kappa shape index (κ2) is 4.66. The van der Waals surface area contributed by atoms with Crippen LogP contribution in [-0.4, -0.2) is 11.1 Å². The molecule has 1 aromatic rings. The first-order chi connectivity index (χ1) is 9.14. The number of rotatable bonds is 3. The largest absolute Gasteiger partial charge is 0.481 e. The van der Waals surface area contributed by atoms with E-state index in [1.54, 1.807) is 0 Å². The Labute approximate surface area is 114 Å². The van der Waals surface area contributed by atoms with Gasteiger partial charge in [0, 0.05) is 0 Å². The molecule has 2 nitrogen and oxygen atoms in total. The van der Waals surface area contributed by atoms with Crippen LogP contribution in [0.4, 0.5) is 0 Å². The molecule has 0 unspecified atom stereocenters. The first-order valence-corrected chi connectivity index (χ1v) is 7.42. The summed E-state index contributed by atoms with van der Waals surface area (Å²) in [5.41, 5.74) is 1.90. The van der Waals surface area contributed by atoms with E-state index in [1.165, 1.54) is 31.2 Å². The first-order valence-electron chi connectivity index (χ1n) is 7.42. The predicted octanol–water partition coefficient (Wildman–Crippen LogP) is 4.14. The average Bonchev–Trinajstić information content (AvgIpc) is 2.70. The molecule has 0 amide bonds. The van der Waals surface area contributed by atoms with Gasteiger partial charge in [-0.2, -0.15) is 0 Å². The van der Waals surface area contributed by atoms with Gasteiger partial charge >= 0.3 is 5.97 Å². The van der Waals surface area contributed by atoms with Crippen LogP contribution < -0.4 is 0 Å². The molecule has 2 bridgehead atoms. The molecular weight excluding hydrogens is 236 g/mol. The lowest BCUT2D eigenvalue weighted by molar-refractivity contribution is -0.140. The van der Waals surface area contributed by atoms with Gasteiger partial charge in [-0.25, -0.2) is 0 Å². The molecule has 1 N–H and O–H groups in total. The van der Waals surface area contributed by atoms with Crippen LogP contribution in [0.25, 0.3) is 0 Å². The Morgan fingerprint density at radius 1 is 1.00 bits per heavy atom. The predicted molar refractivity (Wildman–Crippen MR) is 75.1 cm³/mol. The second-order valence-electron chi connectivity index (χ2n) is 6.57. The summed E-state index contributed by atoms with van der Waals surface area (Å²) in [6.07, 6.45) is 8.42. The molecular formula is C17H22O2. The van der Waals surface area contributed by atoms with Crippen molar-refractivity contribution >= 4 is 5.97 Å². The molecule has 102 valence electrons. The van der Waals surface area contributed by atoms with Crippen molar-refractivity contribution in [3.8, 4) is 0 Å². The minimum Gasteiger partial charge on any atom is -0.481 e. The zero-order valence-electron chi connectivity index (χ0n) is 11.4. The van der Waals surface area contributed by atoms with Crippen molar-refractivity contribution in [3.63, 3.8) is 0 Å². The molecule has 0 aliphatic heterocycles. The van der Waals surface area contributed by atoms with E-state index in [2.05, 4.69) is 30.3 Å². The summed E-state index contributed by atoms with van der Waals surface area (Å²) in [7, 11) is 0. The van der Waals surface area contributed by atoms with Crippen LogP contribution in [0, 0.1) is 5.41 Å². The Morgan fingerprint density at radius 2 is 1.68 bits per heavy atom. The Bertz CT molecular complexity index is 455. The fourth-order valence-corrected chi connectivity index (χ4v) is 4.37. The second-order valence-corrected chi connectivity index (χ2v) is 6.57. The van der Waals surface area contributed by atoms with Crippen LogP contribution >= 0.6 is 0 Å². The maximum Gasteiger partial charge on any atom is 0.303 e. The van der Waals surface area contributed by atoms with Crippen molar-refractivity contribution in [1.82, 2.24) is 0 Å². The molecule has 19 heavy (non-hydrogen) atoms. The Hall–Kier alpha value is -1.31. The van der Waals surface area contributed by atoms with Crippen LogP contribution in [0.5, 0.6) is 0 Å². The maximum atomic E-state index is 11.1. The number of aliphatic carboxylic acids is 1. The van der Waals surface area contributed by atoms with Crippen molar-refractivity contribution in [2.24, 2.45) is 5.41 Å². The summed E-state index contributed by atoms with van der Waals surface area (Å²) in [6.45, 7) is 0. The van der Waals surface area contributed by atoms with Gasteiger partial charge in [0.05, 0.1) is 6.42 Å². The highest BCUT2D eigenvalue weighted by molar-refractivity contribution is 5.67. The summed E-state index contributed by atoms with van der Waals surface area (Å²) in [5, 5.41) is 9.15. The highest BCUT2D eigenvalue weighted by atomic mass is 16.4. The van der Waals surface area contributed by atoms with Gasteiger partial charge < -0.3 is 5.11 Å². The van der Waals surface area contributed by atoms with E-state index in [1.807, 2.05) is 0 Å². The summed E-state index contributed by atoms with van der Waals surface area (Å²) in [5.74, 6) is -0.617. The van der Waals surface area contributed by atoms with Gasteiger partial charge in [-0.1, -0.05) is 36.8 Å². The number of carboxylic acid groups (broad SMARTS) is 1. The van der Waals surface area contributed by atoms with Crippen LogP contribution in [0.1, 0.15) is 56.9 Å². The summed E-state index contributed by atoms with van der Waals surface area (Å²) in [4.78, 5) is 11.1. The van der Waals surface area contributed by atoms with Crippen molar-refractivity contribution < 1.29 is 9.90 Å². The van der Waals surface area contributed by atoms with Gasteiger partial charge in [-0.15, -0.1) is 0 Å². The van der Waals surface area contributed by atoms with Gasteiger partial charge in [0.1, 0.15) is 0 Å². The van der Waals surface area contributed by atoms with Crippen LogP contribution in [0.15, 0.2) is 30.3 Å². The van der Waals surface area contributed by atoms with Crippen molar-refractivity contribution in [3.05, 3.63) is 35.9 Å². The lowest BCUT2D eigenvalue weighted by atomic mass is 9.62. The standard InChI is InChI=1S/C17H22O2/c18-15(19)13-16-7-4-8-17(11-9-16,12-10-16)14-5-2-1-3-6-14/h1-3,5-6H,4,7-13H2,(H,18,19). The molecule has 0 saturated heterocycles. The highest BCUT2D eigenvalue weighted by Gasteiger charge is 2.46. The van der Waals surface area contributed by atoms with Gasteiger partial charge in [0.15, 0.2) is 0 Å². The number of carbonyl (C=O) groups is 1. The first kappa shape index (κ1) is 12.7. The fourth-order valence-electron chi connectivity index (χ4n) is 4.37. The molecule has 0 aromatic heterocycles. The summed E-state index contributed by atoms with van der Waals surface area (Å²) < 4.78 is 0. The van der Waals surface area contributed by atoms with E-state index in [-0.39, 0.29) is 5.41 Å². The monoisotopic (exact) mass is 258 g/mol. The molecule has 0 heterocycles. The third-order valence-corrected chi connectivity index (χ3v) is 5.54. The molecule has 3 aliphatic rings. The van der Waals surface area contributed by atoms with E-state index in [4.69, 9.17) is 5.11 Å². The number of benzene rings is 1. The SMILES string of the molecule is O=C(O)CC12CCCC(c3ccccc3)(CC1)CC2. The van der Waals surface area contributed by atoms with Crippen LogP contribution in [0.3, 0.4) is 0 Å². The number of hydrogen-bond donors (Lipinski definition) is 1. The lowest BCUT2D eigenvalue weighted by Crippen LogP contribution is -2.35. The maximum absolute atomic E-state index is 11.1. The van der Waals surface area contributed by atoms with Gasteiger partial charge in [0.25, 0.3) is 0 Å². The van der Waals surface area contributed by atoms with Crippen molar-refractivity contribution in [2.75, 3.05) is 0 Å². The molecule has 3 aliphatic carbocycles. The quantitative estimate of drug-likeness (QED) is 0.884. The summed E-state index contributed by atoms with van der Waals surface area (Å²) >= 11 is 0. The molecule has 0 radical (unpaired) electrons. The number of hydrogen-bond acceptors (Lipinski definition) is 1. The Morgan fingerprint density at radius 3 is 2.32 bits per heavy atom. The van der Waals surface area contributed by atoms with Gasteiger partial charge in [0.2, 0.25) is 0 Å². The number of carboxylic acids is 1. The Kier molecular flexibility index (Phi) is 3.12. The van der Waals surface area contributed by atoms with E-state index in [0.29, 0.717) is 11.8 Å². The molecule has 4 rings (SSSR count). The molecule has 0 atom stereocenters. The summed E-state index contributed by atoms with van der Waals surface area (Å²) in [6, 6.07) is 10.9. The van der Waals surface area contributed by atoms with E-state index in [0.717, 1.165) is 19.3 Å². The third kappa shape index (κ3) is 2.29. The third-order valence-electron chi connectivity index (χ3n) is 5.54. The number of fused-ring (bicyclic) bond motifs is 4.